The summed E-state index contributed by atoms with van der Waals surface area (Å²) in [5, 5.41) is 10.4. The molecule has 1 aromatic heterocycles. The molecule has 1 aromatic carbocycles. The number of nitrogens with two attached hydrogens (primary N) is 1. The molecule has 0 saturated carbocycles. The Labute approximate surface area is 165 Å². The number of pyridine rings is 1. The maximum Gasteiger partial charge on any atom is 0.270 e. The summed E-state index contributed by atoms with van der Waals surface area (Å²) in [5.74, 6) is -0.132. The maximum atomic E-state index is 12.6. The van der Waals surface area contributed by atoms with Crippen molar-refractivity contribution in [3.63, 3.8) is 0 Å². The Hall–Kier alpha value is -2.99. The van der Waals surface area contributed by atoms with Gasteiger partial charge >= 0.3 is 0 Å². The van der Waals surface area contributed by atoms with Crippen molar-refractivity contribution >= 4 is 17.7 Å². The number of amides is 1. The molecule has 2 heterocycles. The summed E-state index contributed by atoms with van der Waals surface area (Å²) in [5.41, 5.74) is 10.8. The quantitative estimate of drug-likeness (QED) is 0.673. The van der Waals surface area contributed by atoms with Crippen molar-refractivity contribution in [2.24, 2.45) is 5.73 Å². The zero-order valence-corrected chi connectivity index (χ0v) is 16.1. The van der Waals surface area contributed by atoms with Crippen LogP contribution in [-0.4, -0.2) is 36.4 Å². The summed E-state index contributed by atoms with van der Waals surface area (Å²) in [7, 11) is 0. The fraction of sp³-hybridized carbons (Fsp3) is 0.318. The third-order valence-corrected chi connectivity index (χ3v) is 5.02. The van der Waals surface area contributed by atoms with E-state index in [0.717, 1.165) is 35.1 Å². The SMILES string of the molecule is Cc1cnc(C(=O)NC2CCOCC2)cc1Cc1ccc(/C(C=N)=C/N)cc1. The molecule has 0 aliphatic carbocycles. The van der Waals surface area contributed by atoms with Gasteiger partial charge in [0, 0.05) is 43.4 Å². The Kier molecular flexibility index (Phi) is 6.55. The Balaban J connectivity index is 1.72. The summed E-state index contributed by atoms with van der Waals surface area (Å²) >= 11 is 0. The van der Waals surface area contributed by atoms with Gasteiger partial charge in [-0.15, -0.1) is 0 Å². The highest BCUT2D eigenvalue weighted by molar-refractivity contribution is 6.08. The predicted molar refractivity (Wildman–Crippen MR) is 110 cm³/mol. The average Bonchev–Trinajstić information content (AvgIpc) is 2.72. The van der Waals surface area contributed by atoms with Crippen LogP contribution in [0.25, 0.3) is 5.57 Å². The predicted octanol–water partition coefficient (Wildman–Crippen LogP) is 2.84. The van der Waals surface area contributed by atoms with Gasteiger partial charge < -0.3 is 21.2 Å². The van der Waals surface area contributed by atoms with E-state index in [1.54, 1.807) is 6.20 Å². The van der Waals surface area contributed by atoms with Gasteiger partial charge in [0.25, 0.3) is 5.91 Å². The molecule has 0 radical (unpaired) electrons. The Morgan fingerprint density at radius 3 is 2.68 bits per heavy atom. The van der Waals surface area contributed by atoms with E-state index in [1.165, 1.54) is 12.4 Å². The van der Waals surface area contributed by atoms with E-state index in [4.69, 9.17) is 15.9 Å². The molecule has 0 atom stereocenters. The molecule has 0 spiro atoms. The number of aromatic nitrogens is 1. The molecule has 6 nitrogen and oxygen atoms in total. The van der Waals surface area contributed by atoms with Crippen molar-refractivity contribution in [2.75, 3.05) is 13.2 Å². The number of benzene rings is 1. The lowest BCUT2D eigenvalue weighted by Crippen LogP contribution is -2.39. The van der Waals surface area contributed by atoms with Gasteiger partial charge in [0.05, 0.1) is 0 Å². The van der Waals surface area contributed by atoms with E-state index in [-0.39, 0.29) is 11.9 Å². The molecule has 4 N–H and O–H groups in total. The largest absolute Gasteiger partial charge is 0.404 e. The van der Waals surface area contributed by atoms with Crippen molar-refractivity contribution in [3.8, 4) is 0 Å². The third kappa shape index (κ3) is 4.84. The van der Waals surface area contributed by atoms with Gasteiger partial charge in [0.1, 0.15) is 5.69 Å². The van der Waals surface area contributed by atoms with Crippen LogP contribution in [0.2, 0.25) is 0 Å². The summed E-state index contributed by atoms with van der Waals surface area (Å²) in [6, 6.07) is 9.97. The lowest BCUT2D eigenvalue weighted by Gasteiger charge is -2.23. The number of nitrogens with zero attached hydrogens (tertiary/aromatic N) is 1. The Morgan fingerprint density at radius 1 is 1.32 bits per heavy atom. The summed E-state index contributed by atoms with van der Waals surface area (Å²) in [6.45, 7) is 3.38. The van der Waals surface area contributed by atoms with Crippen LogP contribution in [0.1, 0.15) is 45.6 Å². The van der Waals surface area contributed by atoms with Crippen molar-refractivity contribution in [1.82, 2.24) is 10.3 Å². The van der Waals surface area contributed by atoms with Crippen LogP contribution in [0.3, 0.4) is 0 Å². The van der Waals surface area contributed by atoms with E-state index < -0.39 is 0 Å². The highest BCUT2D eigenvalue weighted by Crippen LogP contribution is 2.18. The fourth-order valence-electron chi connectivity index (χ4n) is 3.24. The molecule has 1 aliphatic heterocycles. The molecule has 1 fully saturated rings. The van der Waals surface area contributed by atoms with E-state index in [1.807, 2.05) is 37.3 Å². The standard InChI is InChI=1S/C22H26N4O2/c1-15-14-25-21(22(27)26-20-6-8-28-9-7-20)11-18(15)10-16-2-4-17(5-3-16)19(12-23)13-24/h2-5,11-14,20,23H,6-10,24H2,1H3,(H,26,27)/b19-13+,23-12?. The molecule has 1 saturated heterocycles. The van der Waals surface area contributed by atoms with E-state index >= 15 is 0 Å². The molecule has 2 aromatic rings. The lowest BCUT2D eigenvalue weighted by atomic mass is 9.98. The average molecular weight is 378 g/mol. The van der Waals surface area contributed by atoms with Gasteiger partial charge in [-0.2, -0.15) is 0 Å². The van der Waals surface area contributed by atoms with Crippen LogP contribution >= 0.6 is 0 Å². The van der Waals surface area contributed by atoms with Gasteiger partial charge in [-0.05, 0) is 54.5 Å². The molecule has 0 unspecified atom stereocenters. The zero-order valence-electron chi connectivity index (χ0n) is 16.1. The van der Waals surface area contributed by atoms with Gasteiger partial charge in [0.2, 0.25) is 0 Å². The second kappa shape index (κ2) is 9.28. The molecule has 1 aliphatic rings. The molecule has 28 heavy (non-hydrogen) atoms. The number of hydrogen-bond acceptors (Lipinski definition) is 5. The Bertz CT molecular complexity index is 869. The first-order valence-electron chi connectivity index (χ1n) is 9.46. The number of ether oxygens (including phenoxy) is 1. The number of hydrogen-bond donors (Lipinski definition) is 3. The molecule has 0 bridgehead atoms. The fourth-order valence-corrected chi connectivity index (χ4v) is 3.24. The first kappa shape index (κ1) is 19.8. The minimum absolute atomic E-state index is 0.132. The van der Waals surface area contributed by atoms with Crippen LogP contribution < -0.4 is 11.1 Å². The minimum Gasteiger partial charge on any atom is -0.404 e. The normalized spacial score (nSPS) is 15.2. The monoisotopic (exact) mass is 378 g/mol. The minimum atomic E-state index is -0.132. The maximum absolute atomic E-state index is 12.6. The van der Waals surface area contributed by atoms with Gasteiger partial charge in [-0.1, -0.05) is 24.3 Å². The molecule has 6 heteroatoms. The molecule has 3 rings (SSSR count). The van der Waals surface area contributed by atoms with E-state index in [0.29, 0.717) is 30.9 Å². The summed E-state index contributed by atoms with van der Waals surface area (Å²) < 4.78 is 5.34. The molecule has 146 valence electrons. The molecular formula is C22H26N4O2. The van der Waals surface area contributed by atoms with Crippen molar-refractivity contribution < 1.29 is 9.53 Å². The van der Waals surface area contributed by atoms with Crippen molar-refractivity contribution in [3.05, 3.63) is 70.7 Å². The highest BCUT2D eigenvalue weighted by atomic mass is 16.5. The second-order valence-electron chi connectivity index (χ2n) is 7.00. The topological polar surface area (TPSA) is 101 Å². The number of carbonyl (C=O) groups is 1. The number of aryl methyl sites for hydroxylation is 1. The number of nitrogens with one attached hydrogen (secondary N) is 2. The van der Waals surface area contributed by atoms with Crippen LogP contribution in [0.5, 0.6) is 0 Å². The lowest BCUT2D eigenvalue weighted by molar-refractivity contribution is 0.0694. The van der Waals surface area contributed by atoms with Gasteiger partial charge in [0.15, 0.2) is 0 Å². The summed E-state index contributed by atoms with van der Waals surface area (Å²) in [6.07, 6.45) is 6.81. The van der Waals surface area contributed by atoms with Crippen molar-refractivity contribution in [1.29, 1.82) is 5.41 Å². The smallest absolute Gasteiger partial charge is 0.270 e. The third-order valence-electron chi connectivity index (χ3n) is 5.02. The van der Waals surface area contributed by atoms with Gasteiger partial charge in [-0.25, -0.2) is 0 Å². The van der Waals surface area contributed by atoms with Crippen molar-refractivity contribution in [2.45, 2.75) is 32.2 Å². The highest BCUT2D eigenvalue weighted by Gasteiger charge is 2.18. The summed E-state index contributed by atoms with van der Waals surface area (Å²) in [4.78, 5) is 16.9. The zero-order chi connectivity index (χ0) is 19.9. The number of rotatable bonds is 6. The van der Waals surface area contributed by atoms with Crippen LogP contribution in [-0.2, 0) is 11.2 Å². The van der Waals surface area contributed by atoms with Crippen LogP contribution in [0.4, 0.5) is 0 Å². The van der Waals surface area contributed by atoms with Crippen LogP contribution in [0, 0.1) is 12.3 Å². The van der Waals surface area contributed by atoms with Crippen LogP contribution in [0.15, 0.2) is 42.7 Å². The number of carbonyl (C=O) groups excluding carboxylic acids is 1. The molecular weight excluding hydrogens is 352 g/mol. The second-order valence-corrected chi connectivity index (χ2v) is 7.00. The van der Waals surface area contributed by atoms with Gasteiger partial charge in [-0.3, -0.25) is 9.78 Å². The van der Waals surface area contributed by atoms with E-state index in [9.17, 15) is 4.79 Å². The molecule has 1 amide bonds. The number of allylic oxidation sites excluding steroid dienone is 1. The van der Waals surface area contributed by atoms with E-state index in [2.05, 4.69) is 10.3 Å². The first-order valence-corrected chi connectivity index (χ1v) is 9.46. The first-order chi connectivity index (χ1) is 13.6. The Morgan fingerprint density at radius 2 is 2.04 bits per heavy atom.